The van der Waals surface area contributed by atoms with Crippen LogP contribution in [0.3, 0.4) is 0 Å². The lowest BCUT2D eigenvalue weighted by Gasteiger charge is -2.12. The van der Waals surface area contributed by atoms with Crippen LogP contribution in [0.25, 0.3) is 10.1 Å². The van der Waals surface area contributed by atoms with Crippen molar-refractivity contribution in [2.75, 3.05) is 0 Å². The Balaban J connectivity index is 2.12. The molecule has 0 spiro atoms. The van der Waals surface area contributed by atoms with Crippen molar-refractivity contribution in [3.05, 3.63) is 68.5 Å². The largest absolute Gasteiger partial charge is 0.320 e. The Morgan fingerprint density at radius 1 is 1.16 bits per heavy atom. The lowest BCUT2D eigenvalue weighted by Crippen LogP contribution is -2.11. The molecule has 3 rings (SSSR count). The Hall–Kier alpha value is -0.870. The molecule has 1 atom stereocenters. The average molecular weight is 353 g/mol. The summed E-state index contributed by atoms with van der Waals surface area (Å²) in [5.41, 5.74) is 8.56. The number of fused-ring (bicyclic) bond motifs is 1. The monoisotopic (exact) mass is 351 g/mol. The highest BCUT2D eigenvalue weighted by Gasteiger charge is 2.15. The van der Waals surface area contributed by atoms with Crippen molar-refractivity contribution in [1.82, 2.24) is 0 Å². The van der Waals surface area contributed by atoms with Gasteiger partial charge in [0.25, 0.3) is 0 Å². The molecule has 0 fully saturated rings. The molecule has 0 aliphatic rings. The summed E-state index contributed by atoms with van der Waals surface area (Å²) in [6.07, 6.45) is 0. The van der Waals surface area contributed by atoms with Crippen LogP contribution in [0.1, 0.15) is 17.2 Å². The Bertz CT molecular complexity index is 738. The molecule has 1 unspecified atom stereocenters. The van der Waals surface area contributed by atoms with Crippen molar-refractivity contribution in [2.45, 2.75) is 6.04 Å². The maximum Gasteiger partial charge on any atom is 0.0566 e. The Kier molecular flexibility index (Phi) is 3.63. The van der Waals surface area contributed by atoms with Crippen LogP contribution in [0.15, 0.2) is 52.3 Å². The number of hydrogen-bond donors (Lipinski definition) is 1. The number of rotatable bonds is 2. The first-order chi connectivity index (χ1) is 9.16. The summed E-state index contributed by atoms with van der Waals surface area (Å²) in [5, 5.41) is 4.04. The summed E-state index contributed by atoms with van der Waals surface area (Å²) >= 11 is 11.3. The van der Waals surface area contributed by atoms with E-state index in [-0.39, 0.29) is 6.04 Å². The van der Waals surface area contributed by atoms with Crippen LogP contribution >= 0.6 is 38.9 Å². The van der Waals surface area contributed by atoms with E-state index in [9.17, 15) is 0 Å². The molecule has 2 aromatic carbocycles. The van der Waals surface area contributed by atoms with Crippen molar-refractivity contribution in [3.63, 3.8) is 0 Å². The van der Waals surface area contributed by atoms with E-state index >= 15 is 0 Å². The van der Waals surface area contributed by atoms with Gasteiger partial charge in [-0.15, -0.1) is 11.3 Å². The van der Waals surface area contributed by atoms with Gasteiger partial charge >= 0.3 is 0 Å². The highest BCUT2D eigenvalue weighted by atomic mass is 79.9. The lowest BCUT2D eigenvalue weighted by atomic mass is 9.99. The maximum absolute atomic E-state index is 6.38. The van der Waals surface area contributed by atoms with Crippen molar-refractivity contribution in [3.8, 4) is 0 Å². The molecule has 2 N–H and O–H groups in total. The second kappa shape index (κ2) is 5.25. The van der Waals surface area contributed by atoms with Crippen LogP contribution < -0.4 is 5.73 Å². The summed E-state index contributed by atoms with van der Waals surface area (Å²) in [6.45, 7) is 0. The van der Waals surface area contributed by atoms with Crippen molar-refractivity contribution in [2.24, 2.45) is 5.73 Å². The van der Waals surface area contributed by atoms with E-state index in [0.717, 1.165) is 15.6 Å². The third-order valence-electron chi connectivity index (χ3n) is 3.12. The van der Waals surface area contributed by atoms with Gasteiger partial charge in [-0.3, -0.25) is 0 Å². The topological polar surface area (TPSA) is 26.0 Å². The van der Waals surface area contributed by atoms with Gasteiger partial charge in [-0.2, -0.15) is 0 Å². The van der Waals surface area contributed by atoms with Gasteiger partial charge in [0.05, 0.1) is 6.04 Å². The van der Waals surface area contributed by atoms with Crippen molar-refractivity contribution < 1.29 is 0 Å². The van der Waals surface area contributed by atoms with E-state index in [1.54, 1.807) is 11.3 Å². The zero-order valence-corrected chi connectivity index (χ0v) is 13.1. The van der Waals surface area contributed by atoms with Gasteiger partial charge in [-0.1, -0.05) is 35.9 Å². The van der Waals surface area contributed by atoms with E-state index in [0.29, 0.717) is 5.02 Å². The fourth-order valence-corrected chi connectivity index (χ4v) is 4.02. The molecule has 1 aromatic heterocycles. The molecule has 4 heteroatoms. The predicted octanol–water partition coefficient (Wildman–Crippen LogP) is 5.37. The molecule has 96 valence electrons. The molecular formula is C15H11BrClNS. The molecular weight excluding hydrogens is 342 g/mol. The first kappa shape index (κ1) is 13.1. The molecule has 0 aliphatic heterocycles. The highest BCUT2D eigenvalue weighted by molar-refractivity contribution is 9.10. The molecule has 0 radical (unpaired) electrons. The van der Waals surface area contributed by atoms with Crippen LogP contribution in [-0.2, 0) is 0 Å². The lowest BCUT2D eigenvalue weighted by molar-refractivity contribution is 0.885. The van der Waals surface area contributed by atoms with Crippen LogP contribution in [-0.4, -0.2) is 0 Å². The highest BCUT2D eigenvalue weighted by Crippen LogP contribution is 2.36. The molecule has 0 amide bonds. The average Bonchev–Trinajstić information content (AvgIpc) is 2.83. The molecule has 1 heterocycles. The number of benzene rings is 2. The standard InChI is InChI=1S/C15H11BrClNS/c16-13-6-2-5-11-12(8-19-15(11)13)14(18)9-3-1-4-10(17)7-9/h1-8,14H,18H2. The fraction of sp³-hybridized carbons (Fsp3) is 0.0667. The van der Waals surface area contributed by atoms with E-state index < -0.39 is 0 Å². The summed E-state index contributed by atoms with van der Waals surface area (Å²) in [5.74, 6) is 0. The number of thiophene rings is 1. The summed E-state index contributed by atoms with van der Waals surface area (Å²) in [7, 11) is 0. The minimum absolute atomic E-state index is 0.151. The smallest absolute Gasteiger partial charge is 0.0566 e. The van der Waals surface area contributed by atoms with Gasteiger partial charge < -0.3 is 5.73 Å². The second-order valence-corrected chi connectivity index (χ2v) is 6.51. The molecule has 0 saturated carbocycles. The zero-order valence-electron chi connectivity index (χ0n) is 9.94. The molecule has 0 saturated heterocycles. The third-order valence-corrected chi connectivity index (χ3v) is 5.33. The second-order valence-electron chi connectivity index (χ2n) is 4.34. The predicted molar refractivity (Wildman–Crippen MR) is 87.0 cm³/mol. The molecule has 0 aliphatic carbocycles. The Labute approximate surface area is 129 Å². The SMILES string of the molecule is NC(c1cccc(Cl)c1)c1csc2c(Br)cccc12. The van der Waals surface area contributed by atoms with Crippen LogP contribution in [0.5, 0.6) is 0 Å². The van der Waals surface area contributed by atoms with Gasteiger partial charge in [-0.05, 0) is 56.0 Å². The molecule has 1 nitrogen and oxygen atoms in total. The van der Waals surface area contributed by atoms with Crippen LogP contribution in [0.2, 0.25) is 5.02 Å². The number of halogens is 2. The van der Waals surface area contributed by atoms with E-state index in [1.807, 2.05) is 36.4 Å². The molecule has 0 bridgehead atoms. The van der Waals surface area contributed by atoms with Crippen molar-refractivity contribution >= 4 is 49.0 Å². The molecule has 3 aromatic rings. The van der Waals surface area contributed by atoms with Gasteiger partial charge in [0.1, 0.15) is 0 Å². The zero-order chi connectivity index (χ0) is 13.4. The Morgan fingerprint density at radius 2 is 1.95 bits per heavy atom. The van der Waals surface area contributed by atoms with Crippen LogP contribution in [0, 0.1) is 0 Å². The van der Waals surface area contributed by atoms with Gasteiger partial charge in [0, 0.05) is 14.2 Å². The molecule has 19 heavy (non-hydrogen) atoms. The minimum Gasteiger partial charge on any atom is -0.320 e. The van der Waals surface area contributed by atoms with Crippen LogP contribution in [0.4, 0.5) is 0 Å². The van der Waals surface area contributed by atoms with Gasteiger partial charge in [-0.25, -0.2) is 0 Å². The van der Waals surface area contributed by atoms with E-state index in [1.165, 1.54) is 10.1 Å². The summed E-state index contributed by atoms with van der Waals surface area (Å²) in [6, 6.07) is 13.8. The third kappa shape index (κ3) is 2.43. The van der Waals surface area contributed by atoms with Gasteiger partial charge in [0.2, 0.25) is 0 Å². The minimum atomic E-state index is -0.151. The Morgan fingerprint density at radius 3 is 2.74 bits per heavy atom. The van der Waals surface area contributed by atoms with E-state index in [4.69, 9.17) is 17.3 Å². The fourth-order valence-electron chi connectivity index (χ4n) is 2.16. The first-order valence-corrected chi connectivity index (χ1v) is 7.88. The first-order valence-electron chi connectivity index (χ1n) is 5.83. The summed E-state index contributed by atoms with van der Waals surface area (Å²) in [4.78, 5) is 0. The van der Waals surface area contributed by atoms with Crippen molar-refractivity contribution in [1.29, 1.82) is 0 Å². The summed E-state index contributed by atoms with van der Waals surface area (Å²) < 4.78 is 2.34. The number of nitrogens with two attached hydrogens (primary N) is 1. The maximum atomic E-state index is 6.38. The normalized spacial score (nSPS) is 12.8. The quantitative estimate of drug-likeness (QED) is 0.659. The number of hydrogen-bond acceptors (Lipinski definition) is 2. The van der Waals surface area contributed by atoms with E-state index in [2.05, 4.69) is 27.4 Å². The van der Waals surface area contributed by atoms with Gasteiger partial charge in [0.15, 0.2) is 0 Å².